The molecule has 0 aliphatic heterocycles. The molecule has 0 unspecified atom stereocenters. The van der Waals surface area contributed by atoms with Gasteiger partial charge in [0.25, 0.3) is 0 Å². The third-order valence-electron chi connectivity index (χ3n) is 5.20. The second-order valence-electron chi connectivity index (χ2n) is 9.35. The van der Waals surface area contributed by atoms with Gasteiger partial charge in [-0.15, -0.1) is 0 Å². The Balaban J connectivity index is 2.11. The van der Waals surface area contributed by atoms with E-state index in [9.17, 15) is 13.2 Å². The molecule has 1 fully saturated rings. The van der Waals surface area contributed by atoms with Gasteiger partial charge in [-0.1, -0.05) is 20.8 Å². The first-order chi connectivity index (χ1) is 12.3. The maximum absolute atomic E-state index is 12.9. The molecule has 1 aliphatic carbocycles. The second-order valence-corrected chi connectivity index (χ2v) is 11.8. The van der Waals surface area contributed by atoms with Crippen LogP contribution in [0.2, 0.25) is 0 Å². The molecule has 3 rings (SSSR count). The Morgan fingerprint density at radius 1 is 1.22 bits per heavy atom. The van der Waals surface area contributed by atoms with E-state index in [0.29, 0.717) is 11.4 Å². The zero-order valence-corrected chi connectivity index (χ0v) is 17.6. The lowest BCUT2D eigenvalue weighted by atomic mass is 9.92. The van der Waals surface area contributed by atoms with Crippen LogP contribution in [0, 0.1) is 11.3 Å². The Hall–Kier alpha value is -1.89. The van der Waals surface area contributed by atoms with Crippen molar-refractivity contribution in [2.75, 3.05) is 0 Å². The molecule has 1 aromatic carbocycles. The maximum atomic E-state index is 12.9. The first-order valence-electron chi connectivity index (χ1n) is 9.36. The minimum Gasteiger partial charge on any atom is -0.368 e. The summed E-state index contributed by atoms with van der Waals surface area (Å²) in [5.41, 5.74) is 6.99. The van der Waals surface area contributed by atoms with Crippen LogP contribution in [0.25, 0.3) is 11.0 Å². The quantitative estimate of drug-likeness (QED) is 0.818. The number of rotatable bonds is 6. The van der Waals surface area contributed by atoms with Crippen LogP contribution < -0.4 is 5.73 Å². The van der Waals surface area contributed by atoms with E-state index in [-0.39, 0.29) is 10.3 Å². The number of sulfone groups is 1. The predicted octanol–water partition coefficient (Wildman–Crippen LogP) is 3.07. The van der Waals surface area contributed by atoms with E-state index in [0.717, 1.165) is 24.3 Å². The molecule has 0 atom stereocenters. The lowest BCUT2D eigenvalue weighted by Gasteiger charge is -2.21. The van der Waals surface area contributed by atoms with Gasteiger partial charge in [0.1, 0.15) is 10.6 Å². The van der Waals surface area contributed by atoms with Crippen LogP contribution in [0.3, 0.4) is 0 Å². The van der Waals surface area contributed by atoms with Crippen molar-refractivity contribution in [1.82, 2.24) is 9.55 Å². The van der Waals surface area contributed by atoms with Gasteiger partial charge in [0, 0.05) is 13.0 Å². The van der Waals surface area contributed by atoms with Crippen molar-refractivity contribution in [3.05, 3.63) is 24.0 Å². The van der Waals surface area contributed by atoms with Crippen LogP contribution in [0.1, 0.15) is 53.3 Å². The number of hydrogen-bond donors (Lipinski definition) is 1. The minimum atomic E-state index is -3.90. The largest absolute Gasteiger partial charge is 0.368 e. The van der Waals surface area contributed by atoms with Gasteiger partial charge in [-0.25, -0.2) is 13.4 Å². The number of imidazole rings is 1. The summed E-state index contributed by atoms with van der Waals surface area (Å²) >= 11 is 0. The molecule has 1 saturated carbocycles. The van der Waals surface area contributed by atoms with Gasteiger partial charge in [0.05, 0.1) is 15.9 Å². The van der Waals surface area contributed by atoms with Crippen LogP contribution in [0.4, 0.5) is 0 Å². The lowest BCUT2D eigenvalue weighted by Crippen LogP contribution is -2.45. The molecule has 0 saturated heterocycles. The molecule has 27 heavy (non-hydrogen) atoms. The van der Waals surface area contributed by atoms with Crippen LogP contribution >= 0.6 is 0 Å². The maximum Gasteiger partial charge on any atom is 0.238 e. The monoisotopic (exact) mass is 391 g/mol. The lowest BCUT2D eigenvalue weighted by molar-refractivity contribution is -0.119. The average molecular weight is 392 g/mol. The molecule has 6 nitrogen and oxygen atoms in total. The van der Waals surface area contributed by atoms with E-state index in [1.807, 2.05) is 0 Å². The van der Waals surface area contributed by atoms with E-state index in [4.69, 9.17) is 10.7 Å². The van der Waals surface area contributed by atoms with E-state index in [2.05, 4.69) is 25.3 Å². The molecule has 148 valence electrons. The number of carbonyl (C=O) groups is 1. The Kier molecular flexibility index (Phi) is 4.65. The van der Waals surface area contributed by atoms with E-state index in [1.54, 1.807) is 18.2 Å². The van der Waals surface area contributed by atoms with E-state index in [1.165, 1.54) is 26.7 Å². The molecule has 1 aliphatic rings. The Labute approximate surface area is 161 Å². The Bertz CT molecular complexity index is 993. The average Bonchev–Trinajstić information content (AvgIpc) is 3.28. The molecule has 0 radical (unpaired) electrons. The molecule has 7 heteroatoms. The second kappa shape index (κ2) is 6.33. The van der Waals surface area contributed by atoms with E-state index < -0.39 is 20.5 Å². The molecule has 1 heterocycles. The van der Waals surface area contributed by atoms with Crippen LogP contribution in [-0.2, 0) is 27.6 Å². The third-order valence-corrected chi connectivity index (χ3v) is 7.62. The standard InChI is InChI=1S/C20H29N3O3S/c1-19(2,3)11-17-22-15-10-14(27(25,26)20(4,5)18(21)24)8-9-16(15)23(17)12-13-6-7-13/h8-10,13H,6-7,11-12H2,1-5H3,(H2,21,24). The Morgan fingerprint density at radius 2 is 1.85 bits per heavy atom. The highest BCUT2D eigenvalue weighted by atomic mass is 32.2. The van der Waals surface area contributed by atoms with Crippen LogP contribution in [0.15, 0.2) is 23.1 Å². The minimum absolute atomic E-state index is 0.0749. The zero-order chi connectivity index (χ0) is 20.2. The van der Waals surface area contributed by atoms with Crippen molar-refractivity contribution in [3.63, 3.8) is 0 Å². The SMILES string of the molecule is CC(C)(C)Cc1nc2cc(S(=O)(=O)C(C)(C)C(N)=O)ccc2n1CC1CC1. The van der Waals surface area contributed by atoms with Crippen molar-refractivity contribution in [2.45, 2.75) is 70.1 Å². The molecular formula is C20H29N3O3S. The summed E-state index contributed by atoms with van der Waals surface area (Å²) in [7, 11) is -3.90. The predicted molar refractivity (Wildman–Crippen MR) is 106 cm³/mol. The van der Waals surface area contributed by atoms with Gasteiger partial charge in [0.15, 0.2) is 9.84 Å². The number of nitrogens with two attached hydrogens (primary N) is 1. The van der Waals surface area contributed by atoms with Crippen LogP contribution in [-0.4, -0.2) is 28.6 Å². The van der Waals surface area contributed by atoms with Gasteiger partial charge >= 0.3 is 0 Å². The number of carbonyl (C=O) groups excluding carboxylic acids is 1. The van der Waals surface area contributed by atoms with Crippen molar-refractivity contribution < 1.29 is 13.2 Å². The molecule has 1 amide bonds. The molecule has 1 aromatic heterocycles. The normalized spacial score (nSPS) is 16.0. The van der Waals surface area contributed by atoms with Gasteiger partial charge in [-0.05, 0) is 56.2 Å². The number of benzene rings is 1. The number of fused-ring (bicyclic) bond motifs is 1. The number of aromatic nitrogens is 2. The summed E-state index contributed by atoms with van der Waals surface area (Å²) in [6, 6.07) is 4.94. The summed E-state index contributed by atoms with van der Waals surface area (Å²) in [6.45, 7) is 10.1. The highest BCUT2D eigenvalue weighted by molar-refractivity contribution is 7.93. The molecule has 2 aromatic rings. The van der Waals surface area contributed by atoms with E-state index >= 15 is 0 Å². The zero-order valence-electron chi connectivity index (χ0n) is 16.7. The first kappa shape index (κ1) is 19.9. The van der Waals surface area contributed by atoms with Crippen molar-refractivity contribution in [3.8, 4) is 0 Å². The molecule has 0 spiro atoms. The topological polar surface area (TPSA) is 95.1 Å². The van der Waals surface area contributed by atoms with Gasteiger partial charge < -0.3 is 10.3 Å². The third kappa shape index (κ3) is 3.74. The smallest absolute Gasteiger partial charge is 0.238 e. The molecular weight excluding hydrogens is 362 g/mol. The fourth-order valence-corrected chi connectivity index (χ4v) is 4.49. The molecule has 0 bridgehead atoms. The molecule has 2 N–H and O–H groups in total. The van der Waals surface area contributed by atoms with Crippen LogP contribution in [0.5, 0.6) is 0 Å². The van der Waals surface area contributed by atoms with Gasteiger partial charge in [-0.2, -0.15) is 0 Å². The van der Waals surface area contributed by atoms with Gasteiger partial charge in [0.2, 0.25) is 5.91 Å². The summed E-state index contributed by atoms with van der Waals surface area (Å²) in [6.07, 6.45) is 3.27. The van der Waals surface area contributed by atoms with Gasteiger partial charge in [-0.3, -0.25) is 4.79 Å². The first-order valence-corrected chi connectivity index (χ1v) is 10.8. The highest BCUT2D eigenvalue weighted by Gasteiger charge is 2.41. The number of amides is 1. The number of primary amides is 1. The number of nitrogens with zero attached hydrogens (tertiary/aromatic N) is 2. The van der Waals surface area contributed by atoms with Crippen molar-refractivity contribution in [2.24, 2.45) is 17.1 Å². The summed E-state index contributed by atoms with van der Waals surface area (Å²) in [4.78, 5) is 16.5. The highest BCUT2D eigenvalue weighted by Crippen LogP contribution is 2.35. The summed E-state index contributed by atoms with van der Waals surface area (Å²) < 4.78 is 26.4. The summed E-state index contributed by atoms with van der Waals surface area (Å²) in [5.74, 6) is 0.793. The number of hydrogen-bond acceptors (Lipinski definition) is 4. The fourth-order valence-electron chi connectivity index (χ4n) is 3.13. The summed E-state index contributed by atoms with van der Waals surface area (Å²) in [5, 5.41) is 0. The van der Waals surface area contributed by atoms with Crippen molar-refractivity contribution >= 4 is 26.8 Å². The van der Waals surface area contributed by atoms with Crippen molar-refractivity contribution in [1.29, 1.82) is 0 Å². The Morgan fingerprint density at radius 3 is 2.37 bits per heavy atom. The fraction of sp³-hybridized carbons (Fsp3) is 0.600.